The maximum Gasteiger partial charge on any atom is 0.312 e. The number of nitriles is 1. The zero-order valence-electron chi connectivity index (χ0n) is 11.0. The highest BCUT2D eigenvalue weighted by Gasteiger charge is 2.32. The number of rotatable bonds is 3. The molecule has 6 nitrogen and oxygen atoms in total. The summed E-state index contributed by atoms with van der Waals surface area (Å²) in [6.45, 7) is 4.38. The van der Waals surface area contributed by atoms with Gasteiger partial charge in [0.05, 0.1) is 10.5 Å². The van der Waals surface area contributed by atoms with Crippen LogP contribution in [0.5, 0.6) is 0 Å². The molecule has 0 bridgehead atoms. The van der Waals surface area contributed by atoms with Gasteiger partial charge in [-0.15, -0.1) is 0 Å². The van der Waals surface area contributed by atoms with Crippen LogP contribution in [-0.2, 0) is 0 Å². The Morgan fingerprint density at radius 3 is 2.89 bits per heavy atom. The van der Waals surface area contributed by atoms with Crippen molar-refractivity contribution in [2.75, 3.05) is 5.32 Å². The number of pyridine rings is 1. The minimum atomic E-state index is -0.504. The summed E-state index contributed by atoms with van der Waals surface area (Å²) in [5.41, 5.74) is 0.326. The lowest BCUT2D eigenvalue weighted by molar-refractivity contribution is -0.384. The van der Waals surface area contributed by atoms with E-state index in [1.165, 1.54) is 12.3 Å². The van der Waals surface area contributed by atoms with Gasteiger partial charge < -0.3 is 5.32 Å². The van der Waals surface area contributed by atoms with Crippen LogP contribution in [0, 0.1) is 26.9 Å². The molecule has 1 aliphatic carbocycles. The molecule has 1 aromatic heterocycles. The van der Waals surface area contributed by atoms with Gasteiger partial charge in [-0.3, -0.25) is 10.1 Å². The summed E-state index contributed by atoms with van der Waals surface area (Å²) >= 11 is 0. The number of nitrogens with one attached hydrogen (secondary N) is 1. The lowest BCUT2D eigenvalue weighted by Crippen LogP contribution is -2.19. The van der Waals surface area contributed by atoms with Crippen molar-refractivity contribution in [1.29, 1.82) is 5.26 Å². The third-order valence-corrected chi connectivity index (χ3v) is 3.50. The first-order chi connectivity index (χ1) is 8.91. The quantitative estimate of drug-likeness (QED) is 0.666. The first-order valence-electron chi connectivity index (χ1n) is 6.22. The van der Waals surface area contributed by atoms with E-state index < -0.39 is 4.92 Å². The second-order valence-electron chi connectivity index (χ2n) is 5.71. The summed E-state index contributed by atoms with van der Waals surface area (Å²) in [5.74, 6) is 0.256. The van der Waals surface area contributed by atoms with E-state index in [9.17, 15) is 10.1 Å². The van der Waals surface area contributed by atoms with Gasteiger partial charge in [-0.1, -0.05) is 13.8 Å². The summed E-state index contributed by atoms with van der Waals surface area (Å²) in [6, 6.07) is 3.32. The van der Waals surface area contributed by atoms with Gasteiger partial charge in [0.1, 0.15) is 6.07 Å². The molecule has 1 aliphatic rings. The van der Waals surface area contributed by atoms with Crippen molar-refractivity contribution < 1.29 is 4.92 Å². The molecule has 2 rings (SSSR count). The number of nitrogens with zero attached hydrogens (tertiary/aromatic N) is 3. The van der Waals surface area contributed by atoms with Crippen molar-refractivity contribution >= 4 is 11.5 Å². The molecular formula is C13H16N4O2. The SMILES string of the molecule is CC1(C)CCC(Nc2ncc(C#N)cc2[N+](=O)[O-])C1. The molecule has 1 atom stereocenters. The Labute approximate surface area is 111 Å². The van der Waals surface area contributed by atoms with E-state index in [2.05, 4.69) is 24.1 Å². The van der Waals surface area contributed by atoms with Gasteiger partial charge in [0.2, 0.25) is 5.82 Å². The van der Waals surface area contributed by atoms with Crippen LogP contribution < -0.4 is 5.32 Å². The average molecular weight is 260 g/mol. The maximum absolute atomic E-state index is 11.0. The maximum atomic E-state index is 11.0. The third-order valence-electron chi connectivity index (χ3n) is 3.50. The van der Waals surface area contributed by atoms with Crippen molar-refractivity contribution in [3.05, 3.63) is 27.9 Å². The topological polar surface area (TPSA) is 91.8 Å². The minimum Gasteiger partial charge on any atom is -0.362 e. The highest BCUT2D eigenvalue weighted by atomic mass is 16.6. The highest BCUT2D eigenvalue weighted by Crippen LogP contribution is 2.39. The lowest BCUT2D eigenvalue weighted by atomic mass is 9.92. The largest absolute Gasteiger partial charge is 0.362 e. The van der Waals surface area contributed by atoms with Crippen molar-refractivity contribution in [1.82, 2.24) is 4.98 Å². The van der Waals surface area contributed by atoms with Crippen LogP contribution in [0.4, 0.5) is 11.5 Å². The predicted octanol–water partition coefficient (Wildman–Crippen LogP) is 2.85. The highest BCUT2D eigenvalue weighted by molar-refractivity contribution is 5.58. The zero-order chi connectivity index (χ0) is 14.0. The molecule has 1 unspecified atom stereocenters. The van der Waals surface area contributed by atoms with Crippen molar-refractivity contribution in [2.45, 2.75) is 39.2 Å². The average Bonchev–Trinajstić information content (AvgIpc) is 2.69. The number of anilines is 1. The third kappa shape index (κ3) is 2.99. The molecule has 1 aromatic rings. The Bertz CT molecular complexity index is 548. The number of hydrogen-bond acceptors (Lipinski definition) is 5. The van der Waals surface area contributed by atoms with E-state index >= 15 is 0 Å². The zero-order valence-corrected chi connectivity index (χ0v) is 11.0. The van der Waals surface area contributed by atoms with Crippen molar-refractivity contribution in [3.63, 3.8) is 0 Å². The second kappa shape index (κ2) is 4.84. The summed E-state index contributed by atoms with van der Waals surface area (Å²) in [5, 5.41) is 22.9. The molecule has 1 heterocycles. The first-order valence-corrected chi connectivity index (χ1v) is 6.22. The van der Waals surface area contributed by atoms with E-state index in [1.54, 1.807) is 0 Å². The summed E-state index contributed by atoms with van der Waals surface area (Å²) in [4.78, 5) is 14.5. The number of nitro groups is 1. The summed E-state index contributed by atoms with van der Waals surface area (Å²) < 4.78 is 0. The molecule has 0 aliphatic heterocycles. The molecule has 0 aromatic carbocycles. The van der Waals surface area contributed by atoms with Gasteiger partial charge in [-0.25, -0.2) is 4.98 Å². The molecule has 1 N–H and O–H groups in total. The Kier molecular flexibility index (Phi) is 3.38. The van der Waals surface area contributed by atoms with E-state index in [0.29, 0.717) is 0 Å². The molecule has 19 heavy (non-hydrogen) atoms. The summed E-state index contributed by atoms with van der Waals surface area (Å²) in [6.07, 6.45) is 4.39. The predicted molar refractivity (Wildman–Crippen MR) is 70.6 cm³/mol. The van der Waals surface area contributed by atoms with Gasteiger partial charge in [0, 0.05) is 18.3 Å². The fourth-order valence-corrected chi connectivity index (χ4v) is 2.52. The Hall–Kier alpha value is -2.16. The molecule has 0 saturated heterocycles. The molecule has 0 radical (unpaired) electrons. The Morgan fingerprint density at radius 1 is 1.63 bits per heavy atom. The lowest BCUT2D eigenvalue weighted by Gasteiger charge is -2.18. The number of hydrogen-bond donors (Lipinski definition) is 1. The molecule has 1 fully saturated rings. The standard InChI is InChI=1S/C13H16N4O2/c1-13(2)4-3-10(6-13)16-12-11(17(18)19)5-9(7-14)8-15-12/h5,8,10H,3-4,6H2,1-2H3,(H,15,16). The molecule has 100 valence electrons. The van der Waals surface area contributed by atoms with E-state index in [4.69, 9.17) is 5.26 Å². The van der Waals surface area contributed by atoms with E-state index in [0.717, 1.165) is 19.3 Å². The molecule has 0 amide bonds. The van der Waals surface area contributed by atoms with Gasteiger partial charge in [0.25, 0.3) is 0 Å². The first kappa shape index (κ1) is 13.3. The smallest absolute Gasteiger partial charge is 0.312 e. The second-order valence-corrected chi connectivity index (χ2v) is 5.71. The van der Waals surface area contributed by atoms with E-state index in [-0.39, 0.29) is 28.5 Å². The Balaban J connectivity index is 2.21. The number of aromatic nitrogens is 1. The summed E-state index contributed by atoms with van der Waals surface area (Å²) in [7, 11) is 0. The van der Waals surface area contributed by atoms with Crippen molar-refractivity contribution in [3.8, 4) is 6.07 Å². The van der Waals surface area contributed by atoms with Crippen LogP contribution >= 0.6 is 0 Å². The van der Waals surface area contributed by atoms with Crippen LogP contribution in [0.1, 0.15) is 38.7 Å². The van der Waals surface area contributed by atoms with Crippen LogP contribution in [0.25, 0.3) is 0 Å². The van der Waals surface area contributed by atoms with Gasteiger partial charge in [-0.05, 0) is 24.7 Å². The minimum absolute atomic E-state index is 0.135. The van der Waals surface area contributed by atoms with E-state index in [1.807, 2.05) is 6.07 Å². The van der Waals surface area contributed by atoms with Gasteiger partial charge in [-0.2, -0.15) is 5.26 Å². The van der Waals surface area contributed by atoms with Gasteiger partial charge >= 0.3 is 5.69 Å². The monoisotopic (exact) mass is 260 g/mol. The molecular weight excluding hydrogens is 244 g/mol. The van der Waals surface area contributed by atoms with Gasteiger partial charge in [0.15, 0.2) is 0 Å². The molecule has 6 heteroatoms. The van der Waals surface area contributed by atoms with Crippen molar-refractivity contribution in [2.24, 2.45) is 5.41 Å². The normalized spacial score (nSPS) is 20.8. The molecule has 0 spiro atoms. The Morgan fingerprint density at radius 2 is 2.37 bits per heavy atom. The molecule has 1 saturated carbocycles. The fraction of sp³-hybridized carbons (Fsp3) is 0.538. The van der Waals surface area contributed by atoms with Crippen LogP contribution in [0.2, 0.25) is 0 Å². The van der Waals surface area contributed by atoms with Crippen LogP contribution in [0.15, 0.2) is 12.3 Å². The van der Waals surface area contributed by atoms with Crippen LogP contribution in [0.3, 0.4) is 0 Å². The fourth-order valence-electron chi connectivity index (χ4n) is 2.52. The van der Waals surface area contributed by atoms with Crippen LogP contribution in [-0.4, -0.2) is 15.9 Å².